The summed E-state index contributed by atoms with van der Waals surface area (Å²) >= 11 is 0. The first kappa shape index (κ1) is 41.0. The summed E-state index contributed by atoms with van der Waals surface area (Å²) in [6, 6.07) is 104. The van der Waals surface area contributed by atoms with E-state index in [-0.39, 0.29) is 0 Å². The smallest absolute Gasteiger partial charge is 0.0714 e. The van der Waals surface area contributed by atoms with Crippen molar-refractivity contribution in [3.63, 3.8) is 0 Å². The van der Waals surface area contributed by atoms with E-state index in [2.05, 4.69) is 299 Å². The number of anilines is 6. The topological polar surface area (TPSA) is 11.4 Å². The van der Waals surface area contributed by atoms with Crippen LogP contribution in [-0.2, 0) is 5.41 Å². The number of rotatable bonds is 10. The molecular formula is C67H47N3. The molecule has 0 saturated heterocycles. The van der Waals surface area contributed by atoms with E-state index < -0.39 is 5.41 Å². The van der Waals surface area contributed by atoms with Gasteiger partial charge in [0.05, 0.1) is 16.4 Å². The normalized spacial score (nSPS) is 12.4. The van der Waals surface area contributed by atoms with E-state index in [1.165, 1.54) is 55.2 Å². The highest BCUT2D eigenvalue weighted by Gasteiger charge is 2.46. The Morgan fingerprint density at radius 3 is 1.34 bits per heavy atom. The van der Waals surface area contributed by atoms with Gasteiger partial charge in [-0.15, -0.1) is 0 Å². The number of fused-ring (bicyclic) bond motifs is 6. The van der Waals surface area contributed by atoms with Crippen molar-refractivity contribution < 1.29 is 0 Å². The van der Waals surface area contributed by atoms with Crippen molar-refractivity contribution in [3.8, 4) is 27.9 Å². The molecular weight excluding hydrogens is 847 g/mol. The Hall–Kier alpha value is -9.18. The number of hydrogen-bond acceptors (Lipinski definition) is 2. The van der Waals surface area contributed by atoms with Crippen molar-refractivity contribution in [2.75, 3.05) is 9.80 Å². The summed E-state index contributed by atoms with van der Waals surface area (Å²) in [5, 5.41) is 2.43. The first-order chi connectivity index (χ1) is 34.7. The van der Waals surface area contributed by atoms with Crippen LogP contribution in [0.5, 0.6) is 0 Å². The van der Waals surface area contributed by atoms with Gasteiger partial charge in [-0.25, -0.2) is 0 Å². The quantitative estimate of drug-likeness (QED) is 0.136. The fourth-order valence-electron chi connectivity index (χ4n) is 11.2. The van der Waals surface area contributed by atoms with Crippen molar-refractivity contribution in [3.05, 3.63) is 307 Å². The molecule has 3 nitrogen and oxygen atoms in total. The van der Waals surface area contributed by atoms with Crippen molar-refractivity contribution in [1.29, 1.82) is 0 Å². The van der Waals surface area contributed by atoms with Gasteiger partial charge in [0, 0.05) is 50.6 Å². The maximum atomic E-state index is 2.46. The van der Waals surface area contributed by atoms with Gasteiger partial charge in [0.2, 0.25) is 0 Å². The minimum absolute atomic E-state index is 0.550. The van der Waals surface area contributed by atoms with E-state index in [1.807, 2.05) is 0 Å². The molecule has 0 N–H and O–H groups in total. The molecule has 3 heteroatoms. The van der Waals surface area contributed by atoms with E-state index >= 15 is 0 Å². The lowest BCUT2D eigenvalue weighted by atomic mass is 9.67. The Morgan fingerprint density at radius 2 is 0.743 bits per heavy atom. The molecule has 0 atom stereocenters. The SMILES string of the molecule is c1ccc(N(c2ccccc2)c2cc(-c3ccc4c(c3)c3ccccc3n4-c3ccccc3)cc(N(c3ccccc3)c3ccc4c(c3)C(c3ccccc3)(c3ccccc3)c3ccccc3-4)c2)cc1. The molecule has 13 rings (SSSR count). The monoisotopic (exact) mass is 893 g/mol. The Labute approximate surface area is 409 Å². The van der Waals surface area contributed by atoms with Gasteiger partial charge in [0.15, 0.2) is 0 Å². The third kappa shape index (κ3) is 6.74. The van der Waals surface area contributed by atoms with Crippen molar-refractivity contribution >= 4 is 55.9 Å². The third-order valence-corrected chi connectivity index (χ3v) is 14.2. The highest BCUT2D eigenvalue weighted by molar-refractivity contribution is 6.10. The largest absolute Gasteiger partial charge is 0.310 e. The molecule has 1 aliphatic rings. The van der Waals surface area contributed by atoms with Gasteiger partial charge in [-0.1, -0.05) is 188 Å². The van der Waals surface area contributed by atoms with E-state index in [0.29, 0.717) is 0 Å². The van der Waals surface area contributed by atoms with Gasteiger partial charge < -0.3 is 14.4 Å². The number of aromatic nitrogens is 1. The van der Waals surface area contributed by atoms with Crippen LogP contribution in [0.4, 0.5) is 34.1 Å². The van der Waals surface area contributed by atoms with Gasteiger partial charge in [0.25, 0.3) is 0 Å². The first-order valence-electron chi connectivity index (χ1n) is 24.1. The minimum atomic E-state index is -0.550. The van der Waals surface area contributed by atoms with Crippen LogP contribution in [0.15, 0.2) is 285 Å². The van der Waals surface area contributed by atoms with E-state index in [1.54, 1.807) is 0 Å². The lowest BCUT2D eigenvalue weighted by Crippen LogP contribution is -2.28. The molecule has 0 radical (unpaired) electrons. The van der Waals surface area contributed by atoms with Crippen LogP contribution < -0.4 is 9.80 Å². The number of para-hydroxylation sites is 5. The van der Waals surface area contributed by atoms with Crippen molar-refractivity contribution in [2.24, 2.45) is 0 Å². The second-order valence-corrected chi connectivity index (χ2v) is 18.1. The summed E-state index contributed by atoms with van der Waals surface area (Å²) in [5.41, 5.74) is 19.1. The van der Waals surface area contributed by atoms with Crippen LogP contribution >= 0.6 is 0 Å². The third-order valence-electron chi connectivity index (χ3n) is 14.2. The summed E-state index contributed by atoms with van der Waals surface area (Å²) in [6.07, 6.45) is 0. The maximum absolute atomic E-state index is 2.46. The molecule has 1 aliphatic carbocycles. The zero-order valence-corrected chi connectivity index (χ0v) is 38.5. The molecule has 1 aromatic heterocycles. The van der Waals surface area contributed by atoms with Crippen LogP contribution in [0, 0.1) is 0 Å². The lowest BCUT2D eigenvalue weighted by Gasteiger charge is -2.35. The molecule has 0 unspecified atom stereocenters. The summed E-state index contributed by atoms with van der Waals surface area (Å²) in [5.74, 6) is 0. The van der Waals surface area contributed by atoms with Crippen LogP contribution in [0.25, 0.3) is 49.7 Å². The molecule has 1 heterocycles. The standard InChI is InChI=1S/C67H47N3/c1-7-23-50(24-8-1)67(51-25-9-2-10-26-51)63-37-21-19-35-59(63)60-41-40-56(47-64(60)67)69(54-31-15-5-16-32-54)58-44-49(43-57(46-58)68(52-27-11-3-12-28-52)53-29-13-4-14-30-53)48-39-42-66-62(45-48)61-36-20-22-38-65(61)70(66)55-33-17-6-18-34-55/h1-47H. The van der Waals surface area contributed by atoms with Crippen LogP contribution in [-0.4, -0.2) is 4.57 Å². The van der Waals surface area contributed by atoms with Crippen molar-refractivity contribution in [1.82, 2.24) is 4.57 Å². The molecule has 0 fully saturated rings. The van der Waals surface area contributed by atoms with Gasteiger partial charge in [-0.2, -0.15) is 0 Å². The second-order valence-electron chi connectivity index (χ2n) is 18.1. The van der Waals surface area contributed by atoms with Crippen LogP contribution in [0.2, 0.25) is 0 Å². The second kappa shape index (κ2) is 17.2. The molecule has 0 amide bonds. The van der Waals surface area contributed by atoms with Crippen molar-refractivity contribution in [2.45, 2.75) is 5.41 Å². The highest BCUT2D eigenvalue weighted by Crippen LogP contribution is 2.57. The summed E-state index contributed by atoms with van der Waals surface area (Å²) in [4.78, 5) is 4.83. The van der Waals surface area contributed by atoms with E-state index in [0.717, 1.165) is 50.9 Å². The fraction of sp³-hybridized carbons (Fsp3) is 0.0149. The Bertz CT molecular complexity index is 3730. The summed E-state index contributed by atoms with van der Waals surface area (Å²) in [6.45, 7) is 0. The number of hydrogen-bond donors (Lipinski definition) is 0. The minimum Gasteiger partial charge on any atom is -0.310 e. The Morgan fingerprint density at radius 1 is 0.271 bits per heavy atom. The van der Waals surface area contributed by atoms with Gasteiger partial charge >= 0.3 is 0 Å². The number of benzene rings is 11. The molecule has 11 aromatic carbocycles. The Kier molecular flexibility index (Phi) is 10.1. The molecule has 330 valence electrons. The van der Waals surface area contributed by atoms with E-state index in [4.69, 9.17) is 0 Å². The average Bonchev–Trinajstić information content (AvgIpc) is 3.93. The first-order valence-corrected chi connectivity index (χ1v) is 24.1. The molecule has 0 spiro atoms. The molecule has 12 aromatic rings. The highest BCUT2D eigenvalue weighted by atomic mass is 15.2. The van der Waals surface area contributed by atoms with Gasteiger partial charge in [-0.3, -0.25) is 0 Å². The molecule has 70 heavy (non-hydrogen) atoms. The fourth-order valence-corrected chi connectivity index (χ4v) is 11.2. The zero-order chi connectivity index (χ0) is 46.4. The maximum Gasteiger partial charge on any atom is 0.0714 e. The lowest BCUT2D eigenvalue weighted by molar-refractivity contribution is 0.768. The average molecular weight is 894 g/mol. The van der Waals surface area contributed by atoms with Crippen LogP contribution in [0.1, 0.15) is 22.3 Å². The Balaban J connectivity index is 1.08. The van der Waals surface area contributed by atoms with E-state index in [9.17, 15) is 0 Å². The number of nitrogens with zero attached hydrogens (tertiary/aromatic N) is 3. The molecule has 0 saturated carbocycles. The predicted molar refractivity (Wildman–Crippen MR) is 293 cm³/mol. The zero-order valence-electron chi connectivity index (χ0n) is 38.5. The molecule has 0 bridgehead atoms. The molecule has 0 aliphatic heterocycles. The van der Waals surface area contributed by atoms with Gasteiger partial charge in [-0.05, 0) is 142 Å². The summed E-state index contributed by atoms with van der Waals surface area (Å²) in [7, 11) is 0. The predicted octanol–water partition coefficient (Wildman–Crippen LogP) is 17.8. The summed E-state index contributed by atoms with van der Waals surface area (Å²) < 4.78 is 2.39. The van der Waals surface area contributed by atoms with Gasteiger partial charge in [0.1, 0.15) is 0 Å². The van der Waals surface area contributed by atoms with Crippen LogP contribution in [0.3, 0.4) is 0 Å².